The number of carbonyl (C=O) groups excluding carboxylic acids is 1. The van der Waals surface area contributed by atoms with Crippen molar-refractivity contribution >= 4 is 11.9 Å². The molecule has 0 amide bonds. The molecular formula is C22H17FO3. The fourth-order valence-electron chi connectivity index (χ4n) is 2.42. The van der Waals surface area contributed by atoms with Crippen LogP contribution in [0.1, 0.15) is 21.5 Å². The molecular weight excluding hydrogens is 331 g/mol. The van der Waals surface area contributed by atoms with Gasteiger partial charge in [0.15, 0.2) is 5.78 Å². The van der Waals surface area contributed by atoms with Gasteiger partial charge in [-0.15, -0.1) is 0 Å². The number of ether oxygens (including phenoxy) is 1. The van der Waals surface area contributed by atoms with Crippen molar-refractivity contribution in [2.45, 2.75) is 6.61 Å². The monoisotopic (exact) mass is 348 g/mol. The van der Waals surface area contributed by atoms with E-state index in [9.17, 15) is 14.3 Å². The minimum atomic E-state index is -0.374. The van der Waals surface area contributed by atoms with Crippen LogP contribution in [0, 0.1) is 5.82 Å². The number of allylic oxidation sites excluding steroid dienone is 1. The van der Waals surface area contributed by atoms with E-state index in [2.05, 4.69) is 0 Å². The summed E-state index contributed by atoms with van der Waals surface area (Å²) in [5.74, 6) is -0.440. The van der Waals surface area contributed by atoms with E-state index < -0.39 is 0 Å². The Labute approximate surface area is 151 Å². The smallest absolute Gasteiger partial charge is 0.189 e. The molecule has 0 aliphatic carbocycles. The second-order valence-corrected chi connectivity index (χ2v) is 5.71. The molecule has 0 aliphatic heterocycles. The standard InChI is InChI=1S/C22H17FO3/c23-18-8-4-7-16(13-18)9-12-21(24)20-11-10-19(14-22(20)25)26-15-17-5-2-1-3-6-17/h1-14,25H,15H2. The molecule has 0 atom stereocenters. The van der Waals surface area contributed by atoms with E-state index in [4.69, 9.17) is 4.74 Å². The predicted molar refractivity (Wildman–Crippen MR) is 98.6 cm³/mol. The molecule has 3 aromatic rings. The molecule has 0 saturated heterocycles. The average Bonchev–Trinajstić information content (AvgIpc) is 2.65. The predicted octanol–water partition coefficient (Wildman–Crippen LogP) is 5.01. The molecule has 0 aromatic heterocycles. The third-order valence-corrected chi connectivity index (χ3v) is 3.76. The lowest BCUT2D eigenvalue weighted by molar-refractivity contribution is 0.104. The molecule has 4 heteroatoms. The quantitative estimate of drug-likeness (QED) is 0.503. The van der Waals surface area contributed by atoms with Crippen LogP contribution in [-0.4, -0.2) is 10.9 Å². The van der Waals surface area contributed by atoms with E-state index >= 15 is 0 Å². The number of rotatable bonds is 6. The largest absolute Gasteiger partial charge is 0.507 e. The number of hydrogen-bond donors (Lipinski definition) is 1. The third-order valence-electron chi connectivity index (χ3n) is 3.76. The van der Waals surface area contributed by atoms with E-state index in [1.54, 1.807) is 18.2 Å². The Balaban J connectivity index is 1.67. The Hall–Kier alpha value is -3.40. The van der Waals surface area contributed by atoms with Gasteiger partial charge < -0.3 is 9.84 Å². The summed E-state index contributed by atoms with van der Waals surface area (Å²) in [5.41, 5.74) is 1.73. The first-order chi connectivity index (χ1) is 12.6. The second-order valence-electron chi connectivity index (χ2n) is 5.71. The molecule has 3 nitrogen and oxygen atoms in total. The van der Waals surface area contributed by atoms with Crippen molar-refractivity contribution in [2.24, 2.45) is 0 Å². The highest BCUT2D eigenvalue weighted by molar-refractivity contribution is 6.08. The number of phenols is 1. The fourth-order valence-corrected chi connectivity index (χ4v) is 2.42. The van der Waals surface area contributed by atoms with Crippen LogP contribution >= 0.6 is 0 Å². The summed E-state index contributed by atoms with van der Waals surface area (Å²) in [4.78, 5) is 12.2. The van der Waals surface area contributed by atoms with Crippen molar-refractivity contribution in [3.05, 3.63) is 101 Å². The molecule has 26 heavy (non-hydrogen) atoms. The third kappa shape index (κ3) is 4.57. The second kappa shape index (κ2) is 8.12. The number of phenolic OH excluding ortho intramolecular Hbond substituents is 1. The van der Waals surface area contributed by atoms with Gasteiger partial charge in [0, 0.05) is 6.07 Å². The molecule has 0 radical (unpaired) electrons. The summed E-state index contributed by atoms with van der Waals surface area (Å²) < 4.78 is 18.8. The van der Waals surface area contributed by atoms with Gasteiger partial charge in [-0.25, -0.2) is 4.39 Å². The van der Waals surface area contributed by atoms with Crippen molar-refractivity contribution in [3.8, 4) is 11.5 Å². The Kier molecular flexibility index (Phi) is 5.44. The van der Waals surface area contributed by atoms with Gasteiger partial charge in [-0.2, -0.15) is 0 Å². The van der Waals surface area contributed by atoms with Gasteiger partial charge >= 0.3 is 0 Å². The van der Waals surface area contributed by atoms with Crippen molar-refractivity contribution in [2.75, 3.05) is 0 Å². The summed E-state index contributed by atoms with van der Waals surface area (Å²) in [6.45, 7) is 0.368. The van der Waals surface area contributed by atoms with E-state index in [1.807, 2.05) is 30.3 Å². The summed E-state index contributed by atoms with van der Waals surface area (Å²) in [6, 6.07) is 20.1. The topological polar surface area (TPSA) is 46.5 Å². The molecule has 0 fully saturated rings. The first-order valence-corrected chi connectivity index (χ1v) is 8.09. The van der Waals surface area contributed by atoms with Crippen LogP contribution in [0.2, 0.25) is 0 Å². The SMILES string of the molecule is O=C(C=Cc1cccc(F)c1)c1ccc(OCc2ccccc2)cc1O. The van der Waals surface area contributed by atoms with Gasteiger partial charge in [0.1, 0.15) is 23.9 Å². The molecule has 0 aliphatic rings. The summed E-state index contributed by atoms with van der Waals surface area (Å²) in [5, 5.41) is 10.1. The van der Waals surface area contributed by atoms with Crippen LogP contribution < -0.4 is 4.74 Å². The summed E-state index contributed by atoms with van der Waals surface area (Å²) in [7, 11) is 0. The van der Waals surface area contributed by atoms with Crippen LogP contribution in [0.15, 0.2) is 78.9 Å². The lowest BCUT2D eigenvalue weighted by Crippen LogP contribution is -1.98. The number of benzene rings is 3. The first-order valence-electron chi connectivity index (χ1n) is 8.09. The maximum atomic E-state index is 13.1. The van der Waals surface area contributed by atoms with Gasteiger partial charge in [-0.05, 0) is 41.5 Å². The Morgan fingerprint density at radius 3 is 2.54 bits per heavy atom. The van der Waals surface area contributed by atoms with Crippen LogP contribution in [0.3, 0.4) is 0 Å². The van der Waals surface area contributed by atoms with Gasteiger partial charge in [0.25, 0.3) is 0 Å². The fraction of sp³-hybridized carbons (Fsp3) is 0.0455. The number of ketones is 1. The highest BCUT2D eigenvalue weighted by Crippen LogP contribution is 2.25. The van der Waals surface area contributed by atoms with E-state index in [-0.39, 0.29) is 22.9 Å². The van der Waals surface area contributed by atoms with E-state index in [1.165, 1.54) is 36.4 Å². The minimum absolute atomic E-state index is 0.157. The summed E-state index contributed by atoms with van der Waals surface area (Å²) >= 11 is 0. The lowest BCUT2D eigenvalue weighted by Gasteiger charge is -2.08. The van der Waals surface area contributed by atoms with Crippen LogP contribution in [0.5, 0.6) is 11.5 Å². The zero-order valence-corrected chi connectivity index (χ0v) is 13.9. The normalized spacial score (nSPS) is 10.8. The van der Waals surface area contributed by atoms with Crippen LogP contribution in [-0.2, 0) is 6.61 Å². The van der Waals surface area contributed by atoms with Gasteiger partial charge in [0.05, 0.1) is 5.56 Å². The molecule has 3 aromatic carbocycles. The van der Waals surface area contributed by atoms with Crippen molar-refractivity contribution in [1.29, 1.82) is 0 Å². The molecule has 0 spiro atoms. The van der Waals surface area contributed by atoms with Gasteiger partial charge in [-0.1, -0.05) is 48.5 Å². The Morgan fingerprint density at radius 1 is 1.00 bits per heavy atom. The number of hydrogen-bond acceptors (Lipinski definition) is 3. The van der Waals surface area contributed by atoms with Crippen LogP contribution in [0.25, 0.3) is 6.08 Å². The molecule has 0 saturated carbocycles. The maximum Gasteiger partial charge on any atom is 0.189 e. The molecule has 0 bridgehead atoms. The molecule has 3 rings (SSSR count). The van der Waals surface area contributed by atoms with E-state index in [0.29, 0.717) is 17.9 Å². The Bertz CT molecular complexity index is 933. The highest BCUT2D eigenvalue weighted by Gasteiger charge is 2.10. The highest BCUT2D eigenvalue weighted by atomic mass is 19.1. The zero-order valence-electron chi connectivity index (χ0n) is 13.9. The van der Waals surface area contributed by atoms with Crippen LogP contribution in [0.4, 0.5) is 4.39 Å². The lowest BCUT2D eigenvalue weighted by atomic mass is 10.1. The molecule has 1 N–H and O–H groups in total. The molecule has 130 valence electrons. The average molecular weight is 348 g/mol. The summed E-state index contributed by atoms with van der Waals surface area (Å²) in [6.07, 6.45) is 2.80. The van der Waals surface area contributed by atoms with Crippen molar-refractivity contribution in [3.63, 3.8) is 0 Å². The maximum absolute atomic E-state index is 13.1. The van der Waals surface area contributed by atoms with Crippen molar-refractivity contribution < 1.29 is 19.0 Å². The van der Waals surface area contributed by atoms with Crippen molar-refractivity contribution in [1.82, 2.24) is 0 Å². The minimum Gasteiger partial charge on any atom is -0.507 e. The van der Waals surface area contributed by atoms with Gasteiger partial charge in [0.2, 0.25) is 0 Å². The van der Waals surface area contributed by atoms with E-state index in [0.717, 1.165) is 5.56 Å². The van der Waals surface area contributed by atoms with Gasteiger partial charge in [-0.3, -0.25) is 4.79 Å². The number of aromatic hydroxyl groups is 1. The Morgan fingerprint density at radius 2 is 1.81 bits per heavy atom. The molecule has 0 heterocycles. The number of halogens is 1. The molecule has 0 unspecified atom stereocenters. The number of carbonyl (C=O) groups is 1. The zero-order chi connectivity index (χ0) is 18.4. The first kappa shape index (κ1) is 17.4.